The second kappa shape index (κ2) is 6.19. The minimum absolute atomic E-state index is 0.115. The van der Waals surface area contributed by atoms with Gasteiger partial charge < -0.3 is 4.74 Å². The highest BCUT2D eigenvalue weighted by Crippen LogP contribution is 2.34. The molecule has 2 aromatic carbocycles. The van der Waals surface area contributed by atoms with Crippen molar-refractivity contribution >= 4 is 5.97 Å². The number of hydrogen-bond donors (Lipinski definition) is 0. The Labute approximate surface area is 139 Å². The predicted molar refractivity (Wildman–Crippen MR) is 95.0 cm³/mol. The largest absolute Gasteiger partial charge is 0.427 e. The maximum absolute atomic E-state index is 11.0. The molecule has 0 fully saturated rings. The molecule has 0 heterocycles. The van der Waals surface area contributed by atoms with Crippen LogP contribution in [0.5, 0.6) is 5.75 Å². The third-order valence-corrected chi connectivity index (χ3v) is 4.29. The smallest absolute Gasteiger partial charge is 0.308 e. The summed E-state index contributed by atoms with van der Waals surface area (Å²) in [6.07, 6.45) is 0. The molecule has 0 radical (unpaired) electrons. The first kappa shape index (κ1) is 17.3. The van der Waals surface area contributed by atoms with E-state index in [4.69, 9.17) is 4.74 Å². The van der Waals surface area contributed by atoms with E-state index in [1.165, 1.54) is 23.6 Å². The van der Waals surface area contributed by atoms with Gasteiger partial charge in [0.05, 0.1) is 0 Å². The van der Waals surface area contributed by atoms with Crippen LogP contribution in [0.4, 0.5) is 0 Å². The van der Waals surface area contributed by atoms with Gasteiger partial charge in [-0.2, -0.15) is 0 Å². The molecule has 2 aromatic rings. The number of ether oxygens (including phenoxy) is 1. The van der Waals surface area contributed by atoms with Gasteiger partial charge in [0.15, 0.2) is 0 Å². The maximum atomic E-state index is 11.0. The van der Waals surface area contributed by atoms with E-state index in [-0.39, 0.29) is 16.8 Å². The fourth-order valence-electron chi connectivity index (χ4n) is 2.65. The van der Waals surface area contributed by atoms with Crippen molar-refractivity contribution in [3.05, 3.63) is 65.2 Å². The van der Waals surface area contributed by atoms with Crippen LogP contribution in [0.3, 0.4) is 0 Å². The lowest BCUT2D eigenvalue weighted by molar-refractivity contribution is -0.131. The first-order valence-electron chi connectivity index (χ1n) is 8.01. The molecule has 2 nitrogen and oxygen atoms in total. The zero-order chi connectivity index (χ0) is 17.3. The van der Waals surface area contributed by atoms with Crippen molar-refractivity contribution in [1.29, 1.82) is 0 Å². The van der Waals surface area contributed by atoms with Crippen LogP contribution in [0.2, 0.25) is 0 Å². The Bertz CT molecular complexity index is 689. The molecular weight excluding hydrogens is 284 g/mol. The van der Waals surface area contributed by atoms with Crippen molar-refractivity contribution in [3.63, 3.8) is 0 Å². The Morgan fingerprint density at radius 3 is 1.91 bits per heavy atom. The SMILES string of the molecule is CC(=O)Oc1ccc(C(C)(C)c2cccc(C(C)(C)C)c2)cc1. The number of benzene rings is 2. The van der Waals surface area contributed by atoms with Crippen LogP contribution in [0.1, 0.15) is 58.2 Å². The zero-order valence-corrected chi connectivity index (χ0v) is 14.9. The normalized spacial score (nSPS) is 12.1. The molecule has 0 N–H and O–H groups in total. The summed E-state index contributed by atoms with van der Waals surface area (Å²) in [5, 5.41) is 0. The molecule has 0 amide bonds. The number of carbonyl (C=O) groups is 1. The third-order valence-electron chi connectivity index (χ3n) is 4.29. The topological polar surface area (TPSA) is 26.3 Å². The average Bonchev–Trinajstić information content (AvgIpc) is 2.46. The molecule has 122 valence electrons. The Balaban J connectivity index is 2.36. The van der Waals surface area contributed by atoms with Crippen molar-refractivity contribution in [1.82, 2.24) is 0 Å². The summed E-state index contributed by atoms with van der Waals surface area (Å²) in [6.45, 7) is 12.5. The summed E-state index contributed by atoms with van der Waals surface area (Å²) in [4.78, 5) is 11.0. The lowest BCUT2D eigenvalue weighted by Crippen LogP contribution is -2.20. The van der Waals surface area contributed by atoms with E-state index in [0.29, 0.717) is 5.75 Å². The van der Waals surface area contributed by atoms with Crippen LogP contribution >= 0.6 is 0 Å². The van der Waals surface area contributed by atoms with Gasteiger partial charge in [0, 0.05) is 12.3 Å². The predicted octanol–water partition coefficient (Wildman–Crippen LogP) is 5.24. The molecule has 0 aliphatic heterocycles. The van der Waals surface area contributed by atoms with Gasteiger partial charge in [0.25, 0.3) is 0 Å². The van der Waals surface area contributed by atoms with Crippen LogP contribution in [-0.4, -0.2) is 5.97 Å². The van der Waals surface area contributed by atoms with Crippen molar-refractivity contribution in [2.45, 2.75) is 52.4 Å². The average molecular weight is 310 g/mol. The molecule has 2 heteroatoms. The molecular formula is C21H26O2. The molecule has 0 unspecified atom stereocenters. The van der Waals surface area contributed by atoms with Gasteiger partial charge >= 0.3 is 5.97 Å². The number of carbonyl (C=O) groups excluding carboxylic acids is 1. The lowest BCUT2D eigenvalue weighted by atomic mass is 9.76. The van der Waals surface area contributed by atoms with Gasteiger partial charge in [-0.15, -0.1) is 0 Å². The first-order valence-corrected chi connectivity index (χ1v) is 8.01. The number of hydrogen-bond acceptors (Lipinski definition) is 2. The van der Waals surface area contributed by atoms with Crippen molar-refractivity contribution in [3.8, 4) is 5.75 Å². The Kier molecular flexibility index (Phi) is 4.65. The van der Waals surface area contributed by atoms with Crippen LogP contribution < -0.4 is 4.74 Å². The molecule has 0 aromatic heterocycles. The van der Waals surface area contributed by atoms with Gasteiger partial charge in [-0.1, -0.05) is 71.0 Å². The third kappa shape index (κ3) is 4.01. The monoisotopic (exact) mass is 310 g/mol. The molecule has 0 atom stereocenters. The fraction of sp³-hybridized carbons (Fsp3) is 0.381. The maximum Gasteiger partial charge on any atom is 0.308 e. The second-order valence-electron chi connectivity index (χ2n) is 7.57. The number of esters is 1. The minimum atomic E-state index is -0.296. The summed E-state index contributed by atoms with van der Waals surface area (Å²) in [5.41, 5.74) is 3.82. The van der Waals surface area contributed by atoms with Gasteiger partial charge in [-0.25, -0.2) is 0 Å². The van der Waals surface area contributed by atoms with Crippen molar-refractivity contribution in [2.75, 3.05) is 0 Å². The van der Waals surface area contributed by atoms with Gasteiger partial charge in [-0.3, -0.25) is 4.79 Å². The second-order valence-corrected chi connectivity index (χ2v) is 7.57. The molecule has 23 heavy (non-hydrogen) atoms. The molecule has 0 spiro atoms. The molecule has 2 rings (SSSR count). The van der Waals surface area contributed by atoms with Crippen LogP contribution in [0, 0.1) is 0 Å². The summed E-state index contributed by atoms with van der Waals surface area (Å²) >= 11 is 0. The summed E-state index contributed by atoms with van der Waals surface area (Å²) < 4.78 is 5.11. The highest BCUT2D eigenvalue weighted by Gasteiger charge is 2.25. The summed E-state index contributed by atoms with van der Waals surface area (Å²) in [7, 11) is 0. The molecule has 0 bridgehead atoms. The highest BCUT2D eigenvalue weighted by atomic mass is 16.5. The molecule has 0 saturated heterocycles. The lowest BCUT2D eigenvalue weighted by Gasteiger charge is -2.28. The van der Waals surface area contributed by atoms with Gasteiger partial charge in [-0.05, 0) is 34.2 Å². The van der Waals surface area contributed by atoms with E-state index >= 15 is 0 Å². The Morgan fingerprint density at radius 1 is 0.826 bits per heavy atom. The molecule has 0 aliphatic carbocycles. The van der Waals surface area contributed by atoms with Gasteiger partial charge in [0.2, 0.25) is 0 Å². The summed E-state index contributed by atoms with van der Waals surface area (Å²) in [5.74, 6) is 0.287. The fourth-order valence-corrected chi connectivity index (χ4v) is 2.65. The van der Waals surface area contributed by atoms with E-state index in [1.54, 1.807) is 0 Å². The quantitative estimate of drug-likeness (QED) is 0.573. The number of rotatable bonds is 3. The van der Waals surface area contributed by atoms with Crippen LogP contribution in [-0.2, 0) is 15.6 Å². The highest BCUT2D eigenvalue weighted by molar-refractivity contribution is 5.69. The van der Waals surface area contributed by atoms with Crippen LogP contribution in [0.25, 0.3) is 0 Å². The Morgan fingerprint density at radius 2 is 1.39 bits per heavy atom. The minimum Gasteiger partial charge on any atom is -0.427 e. The first-order chi connectivity index (χ1) is 10.6. The molecule has 0 aliphatic rings. The van der Waals surface area contributed by atoms with Gasteiger partial charge in [0.1, 0.15) is 5.75 Å². The zero-order valence-electron chi connectivity index (χ0n) is 14.9. The van der Waals surface area contributed by atoms with Crippen molar-refractivity contribution < 1.29 is 9.53 Å². The van der Waals surface area contributed by atoms with E-state index in [1.807, 2.05) is 24.3 Å². The van der Waals surface area contributed by atoms with Crippen LogP contribution in [0.15, 0.2) is 48.5 Å². The standard InChI is InChI=1S/C21H26O2/c1-15(22)23-19-12-10-16(11-13-19)21(5,6)18-9-7-8-17(14-18)20(2,3)4/h7-14H,1-6H3. The van der Waals surface area contributed by atoms with E-state index < -0.39 is 0 Å². The van der Waals surface area contributed by atoms with Crippen molar-refractivity contribution in [2.24, 2.45) is 0 Å². The van der Waals surface area contributed by atoms with E-state index in [9.17, 15) is 4.79 Å². The summed E-state index contributed by atoms with van der Waals surface area (Å²) in [6, 6.07) is 16.5. The van der Waals surface area contributed by atoms with E-state index in [0.717, 1.165) is 0 Å². The molecule has 0 saturated carbocycles. The van der Waals surface area contributed by atoms with E-state index in [2.05, 4.69) is 58.9 Å². The Hall–Kier alpha value is -2.09.